The maximum absolute atomic E-state index is 12.3. The van der Waals surface area contributed by atoms with Crippen LogP contribution in [0.1, 0.15) is 24.5 Å². The Balaban J connectivity index is 1.94. The summed E-state index contributed by atoms with van der Waals surface area (Å²) < 4.78 is 10.9. The first-order chi connectivity index (χ1) is 11.6. The van der Waals surface area contributed by atoms with Crippen molar-refractivity contribution in [1.82, 2.24) is 0 Å². The molecule has 0 N–H and O–H groups in total. The summed E-state index contributed by atoms with van der Waals surface area (Å²) in [5.41, 5.74) is 1.71. The topological polar surface area (TPSA) is 35.5 Å². The maximum Gasteiger partial charge on any atom is 0.312 e. The maximum atomic E-state index is 12.3. The molecule has 0 saturated heterocycles. The highest BCUT2D eigenvalue weighted by atomic mass is 16.5. The number of carbonyl (C=O) groups is 1. The van der Waals surface area contributed by atoms with Crippen LogP contribution in [0.2, 0.25) is 0 Å². The summed E-state index contributed by atoms with van der Waals surface area (Å²) in [7, 11) is 1.65. The first-order valence-electron chi connectivity index (χ1n) is 7.99. The van der Waals surface area contributed by atoms with Crippen molar-refractivity contribution >= 4 is 16.7 Å². The molecule has 120 valence electrons. The quantitative estimate of drug-likeness (QED) is 0.517. The van der Waals surface area contributed by atoms with E-state index < -0.39 is 5.41 Å². The van der Waals surface area contributed by atoms with Gasteiger partial charge in [-0.2, -0.15) is 0 Å². The van der Waals surface area contributed by atoms with Gasteiger partial charge in [-0.05, 0) is 23.1 Å². The highest BCUT2D eigenvalue weighted by Crippen LogP contribution is 2.46. The Morgan fingerprint density at radius 3 is 2.50 bits per heavy atom. The molecule has 0 saturated carbocycles. The van der Waals surface area contributed by atoms with Gasteiger partial charge in [0.05, 0.1) is 13.5 Å². The van der Waals surface area contributed by atoms with Crippen molar-refractivity contribution in [2.45, 2.75) is 18.8 Å². The van der Waals surface area contributed by atoms with Crippen molar-refractivity contribution in [3.63, 3.8) is 0 Å². The minimum absolute atomic E-state index is 0.197. The second kappa shape index (κ2) is 5.38. The average Bonchev–Trinajstić information content (AvgIpc) is 2.61. The zero-order valence-corrected chi connectivity index (χ0v) is 13.7. The molecular weight excluding hydrogens is 300 g/mol. The number of methoxy groups -OCH3 is 1. The van der Waals surface area contributed by atoms with Crippen LogP contribution in [0.4, 0.5) is 0 Å². The van der Waals surface area contributed by atoms with E-state index in [0.717, 1.165) is 27.6 Å². The molecule has 0 amide bonds. The fourth-order valence-corrected chi connectivity index (χ4v) is 3.54. The van der Waals surface area contributed by atoms with E-state index >= 15 is 0 Å². The van der Waals surface area contributed by atoms with E-state index in [1.165, 1.54) is 0 Å². The second-order valence-electron chi connectivity index (χ2n) is 6.37. The van der Waals surface area contributed by atoms with Gasteiger partial charge in [-0.25, -0.2) is 0 Å². The van der Waals surface area contributed by atoms with Gasteiger partial charge in [0.25, 0.3) is 0 Å². The third kappa shape index (κ3) is 2.16. The van der Waals surface area contributed by atoms with Crippen LogP contribution in [0.5, 0.6) is 11.5 Å². The minimum Gasteiger partial charge on any atom is -0.497 e. The van der Waals surface area contributed by atoms with Gasteiger partial charge in [0, 0.05) is 16.4 Å². The molecule has 1 aliphatic rings. The van der Waals surface area contributed by atoms with Gasteiger partial charge in [0.1, 0.15) is 11.5 Å². The predicted molar refractivity (Wildman–Crippen MR) is 93.6 cm³/mol. The van der Waals surface area contributed by atoms with Gasteiger partial charge >= 0.3 is 5.97 Å². The molecule has 3 heteroatoms. The molecule has 1 atom stereocenters. The Hall–Kier alpha value is -2.81. The van der Waals surface area contributed by atoms with Crippen molar-refractivity contribution in [3.05, 3.63) is 71.8 Å². The van der Waals surface area contributed by atoms with Gasteiger partial charge in [-0.15, -0.1) is 0 Å². The zero-order chi connectivity index (χ0) is 16.7. The van der Waals surface area contributed by atoms with Gasteiger partial charge in [0.2, 0.25) is 0 Å². The van der Waals surface area contributed by atoms with Crippen molar-refractivity contribution in [3.8, 4) is 11.5 Å². The van der Waals surface area contributed by atoms with E-state index in [9.17, 15) is 4.79 Å². The number of esters is 1. The zero-order valence-electron chi connectivity index (χ0n) is 13.7. The third-order valence-electron chi connectivity index (χ3n) is 4.92. The number of rotatable bonds is 2. The third-order valence-corrected chi connectivity index (χ3v) is 4.92. The molecule has 3 nitrogen and oxygen atoms in total. The molecule has 1 aliphatic heterocycles. The molecule has 1 unspecified atom stereocenters. The predicted octanol–water partition coefficient (Wildman–Crippen LogP) is 4.46. The lowest BCUT2D eigenvalue weighted by molar-refractivity contribution is -0.136. The fourth-order valence-electron chi connectivity index (χ4n) is 3.54. The number of ether oxygens (including phenoxy) is 2. The molecule has 1 heterocycles. The van der Waals surface area contributed by atoms with Crippen LogP contribution < -0.4 is 9.47 Å². The molecule has 0 spiro atoms. The molecule has 0 aliphatic carbocycles. The Morgan fingerprint density at radius 2 is 1.75 bits per heavy atom. The average molecular weight is 318 g/mol. The van der Waals surface area contributed by atoms with Crippen LogP contribution in [-0.4, -0.2) is 13.1 Å². The van der Waals surface area contributed by atoms with E-state index in [2.05, 4.69) is 19.1 Å². The van der Waals surface area contributed by atoms with E-state index in [1.807, 2.05) is 48.5 Å². The van der Waals surface area contributed by atoms with Crippen LogP contribution in [0.15, 0.2) is 60.7 Å². The van der Waals surface area contributed by atoms with Crippen molar-refractivity contribution in [1.29, 1.82) is 0 Å². The molecule has 0 bridgehead atoms. The Labute approximate surface area is 140 Å². The van der Waals surface area contributed by atoms with E-state index in [4.69, 9.17) is 9.47 Å². The van der Waals surface area contributed by atoms with Crippen LogP contribution in [0.25, 0.3) is 10.8 Å². The van der Waals surface area contributed by atoms with Crippen molar-refractivity contribution in [2.75, 3.05) is 7.11 Å². The van der Waals surface area contributed by atoms with Crippen molar-refractivity contribution in [2.24, 2.45) is 0 Å². The first-order valence-corrected chi connectivity index (χ1v) is 7.99. The van der Waals surface area contributed by atoms with E-state index in [-0.39, 0.29) is 5.97 Å². The fraction of sp³-hybridized carbons (Fsp3) is 0.190. The summed E-state index contributed by atoms with van der Waals surface area (Å²) >= 11 is 0. The lowest BCUT2D eigenvalue weighted by atomic mass is 9.71. The van der Waals surface area contributed by atoms with E-state index in [0.29, 0.717) is 12.2 Å². The minimum atomic E-state index is -0.416. The number of hydrogen-bond donors (Lipinski definition) is 0. The van der Waals surface area contributed by atoms with Gasteiger partial charge < -0.3 is 9.47 Å². The summed E-state index contributed by atoms with van der Waals surface area (Å²) in [6, 6.07) is 20.1. The van der Waals surface area contributed by atoms with Crippen LogP contribution in [0.3, 0.4) is 0 Å². The molecule has 4 rings (SSSR count). The lowest BCUT2D eigenvalue weighted by Crippen LogP contribution is -2.34. The number of hydrogen-bond acceptors (Lipinski definition) is 3. The largest absolute Gasteiger partial charge is 0.497 e. The van der Waals surface area contributed by atoms with Crippen LogP contribution in [-0.2, 0) is 10.2 Å². The molecule has 3 aromatic rings. The molecular formula is C21H18O3. The Bertz CT molecular complexity index is 927. The first kappa shape index (κ1) is 14.8. The van der Waals surface area contributed by atoms with Gasteiger partial charge in [0.15, 0.2) is 0 Å². The molecule has 3 aromatic carbocycles. The molecule has 0 radical (unpaired) electrons. The number of benzene rings is 3. The number of carbonyl (C=O) groups excluding carboxylic acids is 1. The highest BCUT2D eigenvalue weighted by Gasteiger charge is 2.39. The highest BCUT2D eigenvalue weighted by molar-refractivity contribution is 5.94. The molecule has 0 aromatic heterocycles. The summed E-state index contributed by atoms with van der Waals surface area (Å²) in [4.78, 5) is 12.3. The summed E-state index contributed by atoms with van der Waals surface area (Å²) in [5, 5.41) is 2.05. The van der Waals surface area contributed by atoms with Gasteiger partial charge in [-0.1, -0.05) is 55.5 Å². The molecule has 24 heavy (non-hydrogen) atoms. The monoisotopic (exact) mass is 318 g/mol. The lowest BCUT2D eigenvalue weighted by Gasteiger charge is -2.35. The standard InChI is InChI=1S/C21H18O3/c1-21(15-8-10-16(23-2)11-9-15)13-19(22)24-20-17-6-4-3-5-14(17)7-12-18(20)21/h3-12H,13H2,1-2H3. The van der Waals surface area contributed by atoms with Crippen molar-refractivity contribution < 1.29 is 14.3 Å². The van der Waals surface area contributed by atoms with Crippen LogP contribution in [0, 0.1) is 0 Å². The smallest absolute Gasteiger partial charge is 0.312 e. The van der Waals surface area contributed by atoms with E-state index in [1.54, 1.807) is 7.11 Å². The Morgan fingerprint density at radius 1 is 1.00 bits per heavy atom. The summed E-state index contributed by atoms with van der Waals surface area (Å²) in [5.74, 6) is 1.29. The normalized spacial score (nSPS) is 19.7. The van der Waals surface area contributed by atoms with Crippen LogP contribution >= 0.6 is 0 Å². The SMILES string of the molecule is COc1ccc(C2(C)CC(=O)Oc3c2ccc2ccccc32)cc1. The van der Waals surface area contributed by atoms with Gasteiger partial charge in [-0.3, -0.25) is 4.79 Å². The summed E-state index contributed by atoms with van der Waals surface area (Å²) in [6.07, 6.45) is 0.324. The molecule has 0 fully saturated rings. The Kier molecular flexibility index (Phi) is 3.31. The number of fused-ring (bicyclic) bond motifs is 3. The summed E-state index contributed by atoms with van der Waals surface area (Å²) in [6.45, 7) is 2.10. The second-order valence-corrected chi connectivity index (χ2v) is 6.37.